The van der Waals surface area contributed by atoms with Gasteiger partial charge in [-0.05, 0) is 18.2 Å². The number of hydrogen-bond donors (Lipinski definition) is 2. The van der Waals surface area contributed by atoms with E-state index < -0.39 is 11.8 Å². The number of ether oxygens (including phenoxy) is 1. The predicted octanol–water partition coefficient (Wildman–Crippen LogP) is 1.15. The van der Waals surface area contributed by atoms with Crippen molar-refractivity contribution in [2.24, 2.45) is 11.7 Å². The zero-order chi connectivity index (χ0) is 13.7. The van der Waals surface area contributed by atoms with Gasteiger partial charge in [0.1, 0.15) is 5.82 Å². The van der Waals surface area contributed by atoms with Crippen molar-refractivity contribution >= 4 is 17.6 Å². The van der Waals surface area contributed by atoms with Gasteiger partial charge in [0.15, 0.2) is 0 Å². The standard InChI is InChI=1S/C12H15FN2O3/c1-7(6-14)11(16)15-8-3-4-10(13)9(5-8)12(17)18-2/h3-5,7H,6,14H2,1-2H3,(H,15,16). The molecule has 0 saturated carbocycles. The first-order valence-electron chi connectivity index (χ1n) is 5.38. The van der Waals surface area contributed by atoms with E-state index in [0.717, 1.165) is 13.2 Å². The minimum absolute atomic E-state index is 0.205. The van der Waals surface area contributed by atoms with E-state index in [-0.39, 0.29) is 23.9 Å². The first kappa shape index (κ1) is 14.1. The van der Waals surface area contributed by atoms with Crippen molar-refractivity contribution in [3.05, 3.63) is 29.6 Å². The van der Waals surface area contributed by atoms with E-state index in [1.165, 1.54) is 12.1 Å². The number of halogens is 1. The summed E-state index contributed by atoms with van der Waals surface area (Å²) < 4.78 is 17.8. The quantitative estimate of drug-likeness (QED) is 0.789. The van der Waals surface area contributed by atoms with Gasteiger partial charge in [-0.1, -0.05) is 6.92 Å². The molecule has 5 nitrogen and oxygen atoms in total. The Morgan fingerprint density at radius 3 is 2.72 bits per heavy atom. The molecule has 1 aromatic rings. The molecule has 0 fully saturated rings. The van der Waals surface area contributed by atoms with Crippen molar-refractivity contribution in [3.63, 3.8) is 0 Å². The van der Waals surface area contributed by atoms with Gasteiger partial charge >= 0.3 is 5.97 Å². The van der Waals surface area contributed by atoms with E-state index in [9.17, 15) is 14.0 Å². The molecule has 0 spiro atoms. The molecule has 3 N–H and O–H groups in total. The van der Waals surface area contributed by atoms with Crippen LogP contribution in [0.2, 0.25) is 0 Å². The molecule has 0 saturated heterocycles. The summed E-state index contributed by atoms with van der Waals surface area (Å²) in [5.41, 5.74) is 5.45. The maximum atomic E-state index is 13.3. The summed E-state index contributed by atoms with van der Waals surface area (Å²) in [6.45, 7) is 1.87. The number of amides is 1. The summed E-state index contributed by atoms with van der Waals surface area (Å²) in [6.07, 6.45) is 0. The number of carbonyl (C=O) groups excluding carboxylic acids is 2. The number of anilines is 1. The predicted molar refractivity (Wildman–Crippen MR) is 64.6 cm³/mol. The Labute approximate surface area is 104 Å². The monoisotopic (exact) mass is 254 g/mol. The third-order valence-electron chi connectivity index (χ3n) is 2.44. The zero-order valence-corrected chi connectivity index (χ0v) is 10.2. The second-order valence-corrected chi connectivity index (χ2v) is 3.81. The summed E-state index contributed by atoms with van der Waals surface area (Å²) in [7, 11) is 1.16. The molecule has 1 atom stereocenters. The first-order valence-corrected chi connectivity index (χ1v) is 5.38. The number of esters is 1. The summed E-state index contributed by atoms with van der Waals surface area (Å²) in [5.74, 6) is -2.15. The molecule has 1 amide bonds. The number of methoxy groups -OCH3 is 1. The Balaban J connectivity index is 2.92. The Hall–Kier alpha value is -1.95. The van der Waals surface area contributed by atoms with Crippen LogP contribution in [0.1, 0.15) is 17.3 Å². The van der Waals surface area contributed by atoms with Gasteiger partial charge in [0.25, 0.3) is 0 Å². The normalized spacial score (nSPS) is 11.8. The van der Waals surface area contributed by atoms with E-state index in [1.54, 1.807) is 6.92 Å². The SMILES string of the molecule is COC(=O)c1cc(NC(=O)C(C)CN)ccc1F. The molecule has 0 aliphatic heterocycles. The molecule has 18 heavy (non-hydrogen) atoms. The Kier molecular flexibility index (Phi) is 4.79. The van der Waals surface area contributed by atoms with E-state index in [0.29, 0.717) is 5.69 Å². The molecule has 6 heteroatoms. The van der Waals surface area contributed by atoms with Gasteiger partial charge in [0.05, 0.1) is 12.7 Å². The number of nitrogens with two attached hydrogens (primary N) is 1. The topological polar surface area (TPSA) is 81.4 Å². The maximum absolute atomic E-state index is 13.3. The smallest absolute Gasteiger partial charge is 0.340 e. The molecule has 0 radical (unpaired) electrons. The lowest BCUT2D eigenvalue weighted by Crippen LogP contribution is -2.26. The zero-order valence-electron chi connectivity index (χ0n) is 10.2. The summed E-state index contributed by atoms with van der Waals surface area (Å²) in [6, 6.07) is 3.68. The van der Waals surface area contributed by atoms with E-state index >= 15 is 0 Å². The van der Waals surface area contributed by atoms with Crippen molar-refractivity contribution in [1.82, 2.24) is 0 Å². The molecule has 0 aliphatic carbocycles. The van der Waals surface area contributed by atoms with Crippen molar-refractivity contribution in [2.75, 3.05) is 19.0 Å². The second-order valence-electron chi connectivity index (χ2n) is 3.81. The third-order valence-corrected chi connectivity index (χ3v) is 2.44. The molecule has 0 bridgehead atoms. The van der Waals surface area contributed by atoms with Gasteiger partial charge in [-0.2, -0.15) is 0 Å². The summed E-state index contributed by atoms with van der Waals surface area (Å²) in [4.78, 5) is 22.8. The third kappa shape index (κ3) is 3.27. The highest BCUT2D eigenvalue weighted by molar-refractivity contribution is 5.95. The fourth-order valence-corrected chi connectivity index (χ4v) is 1.24. The van der Waals surface area contributed by atoms with Crippen molar-refractivity contribution in [1.29, 1.82) is 0 Å². The first-order chi connectivity index (χ1) is 8.49. The van der Waals surface area contributed by atoms with Crippen LogP contribution in [-0.2, 0) is 9.53 Å². The minimum Gasteiger partial charge on any atom is -0.465 e. The van der Waals surface area contributed by atoms with Gasteiger partial charge < -0.3 is 15.8 Å². The highest BCUT2D eigenvalue weighted by Crippen LogP contribution is 2.16. The van der Waals surface area contributed by atoms with Gasteiger partial charge in [-0.25, -0.2) is 9.18 Å². The van der Waals surface area contributed by atoms with Crippen LogP contribution < -0.4 is 11.1 Å². The Morgan fingerprint density at radius 1 is 1.50 bits per heavy atom. The molecular formula is C12H15FN2O3. The molecule has 1 rings (SSSR count). The van der Waals surface area contributed by atoms with Crippen LogP contribution in [0.5, 0.6) is 0 Å². The minimum atomic E-state index is -0.796. The van der Waals surface area contributed by atoms with Crippen LogP contribution in [0, 0.1) is 11.7 Å². The maximum Gasteiger partial charge on any atom is 0.340 e. The van der Waals surface area contributed by atoms with Gasteiger partial charge in [0.2, 0.25) is 5.91 Å². The molecule has 1 unspecified atom stereocenters. The van der Waals surface area contributed by atoms with Crippen molar-refractivity contribution in [3.8, 4) is 0 Å². The highest BCUT2D eigenvalue weighted by atomic mass is 19.1. The number of nitrogens with one attached hydrogen (secondary N) is 1. The summed E-state index contributed by atoms with van der Waals surface area (Å²) in [5, 5.41) is 2.55. The van der Waals surface area contributed by atoms with Gasteiger partial charge in [0, 0.05) is 18.2 Å². The number of rotatable bonds is 4. The second kappa shape index (κ2) is 6.11. The number of carbonyl (C=O) groups is 2. The molecule has 0 aliphatic rings. The summed E-state index contributed by atoms with van der Waals surface area (Å²) >= 11 is 0. The van der Waals surface area contributed by atoms with Crippen LogP contribution in [0.3, 0.4) is 0 Å². The molecular weight excluding hydrogens is 239 g/mol. The fourth-order valence-electron chi connectivity index (χ4n) is 1.24. The largest absolute Gasteiger partial charge is 0.465 e. The molecule has 1 aromatic carbocycles. The lowest BCUT2D eigenvalue weighted by atomic mass is 10.1. The Bertz CT molecular complexity index is 463. The van der Waals surface area contributed by atoms with Crippen LogP contribution in [0.15, 0.2) is 18.2 Å². The van der Waals surface area contributed by atoms with Crippen LogP contribution >= 0.6 is 0 Å². The molecule has 98 valence electrons. The molecule has 0 aromatic heterocycles. The van der Waals surface area contributed by atoms with Gasteiger partial charge in [-0.3, -0.25) is 4.79 Å². The lowest BCUT2D eigenvalue weighted by molar-refractivity contribution is -0.119. The van der Waals surface area contributed by atoms with Gasteiger partial charge in [-0.15, -0.1) is 0 Å². The number of hydrogen-bond acceptors (Lipinski definition) is 4. The van der Waals surface area contributed by atoms with Crippen LogP contribution in [-0.4, -0.2) is 25.5 Å². The highest BCUT2D eigenvalue weighted by Gasteiger charge is 2.15. The van der Waals surface area contributed by atoms with Crippen molar-refractivity contribution < 1.29 is 18.7 Å². The van der Waals surface area contributed by atoms with Crippen LogP contribution in [0.25, 0.3) is 0 Å². The molecule has 0 heterocycles. The lowest BCUT2D eigenvalue weighted by Gasteiger charge is -2.11. The Morgan fingerprint density at radius 2 is 2.17 bits per heavy atom. The number of benzene rings is 1. The fraction of sp³-hybridized carbons (Fsp3) is 0.333. The van der Waals surface area contributed by atoms with Crippen LogP contribution in [0.4, 0.5) is 10.1 Å². The average Bonchev–Trinajstić information content (AvgIpc) is 2.38. The van der Waals surface area contributed by atoms with Crippen molar-refractivity contribution in [2.45, 2.75) is 6.92 Å². The average molecular weight is 254 g/mol. The van der Waals surface area contributed by atoms with E-state index in [1.807, 2.05) is 0 Å². The van der Waals surface area contributed by atoms with E-state index in [4.69, 9.17) is 5.73 Å². The van der Waals surface area contributed by atoms with E-state index in [2.05, 4.69) is 10.1 Å².